The van der Waals surface area contributed by atoms with Gasteiger partial charge in [0, 0.05) is 30.6 Å². The zero-order valence-electron chi connectivity index (χ0n) is 14.0. The molecule has 2 aromatic rings. The molecule has 0 spiro atoms. The molecule has 24 heavy (non-hydrogen) atoms. The van der Waals surface area contributed by atoms with Crippen molar-refractivity contribution in [2.24, 2.45) is 0 Å². The average Bonchev–Trinajstić information content (AvgIpc) is 2.61. The van der Waals surface area contributed by atoms with E-state index < -0.39 is 5.60 Å². The normalized spacial score (nSPS) is 19.6. The molecule has 1 aliphatic rings. The van der Waals surface area contributed by atoms with Gasteiger partial charge >= 0.3 is 0 Å². The summed E-state index contributed by atoms with van der Waals surface area (Å²) in [7, 11) is 0. The van der Waals surface area contributed by atoms with Crippen LogP contribution in [0.15, 0.2) is 54.6 Å². The zero-order valence-corrected chi connectivity index (χ0v) is 14.7. The van der Waals surface area contributed by atoms with Crippen LogP contribution in [-0.2, 0) is 10.3 Å². The quantitative estimate of drug-likeness (QED) is 0.897. The Morgan fingerprint density at radius 3 is 2.33 bits per heavy atom. The lowest BCUT2D eigenvalue weighted by atomic mass is 9.78. The number of hydrogen-bond donors (Lipinski definition) is 1. The first kappa shape index (κ1) is 17.4. The van der Waals surface area contributed by atoms with Crippen molar-refractivity contribution in [3.63, 3.8) is 0 Å². The Labute approximate surface area is 148 Å². The van der Waals surface area contributed by atoms with Crippen LogP contribution >= 0.6 is 11.6 Å². The maximum atomic E-state index is 11.4. The van der Waals surface area contributed by atoms with Gasteiger partial charge in [0.05, 0.1) is 18.8 Å². The van der Waals surface area contributed by atoms with Crippen molar-refractivity contribution in [2.45, 2.75) is 18.4 Å². The molecule has 128 valence electrons. The van der Waals surface area contributed by atoms with E-state index in [2.05, 4.69) is 17.0 Å². The van der Waals surface area contributed by atoms with E-state index in [-0.39, 0.29) is 5.92 Å². The summed E-state index contributed by atoms with van der Waals surface area (Å²) in [5, 5.41) is 12.1. The molecule has 0 aromatic heterocycles. The summed E-state index contributed by atoms with van der Waals surface area (Å²) in [6.45, 7) is 6.01. The molecule has 0 radical (unpaired) electrons. The molecule has 0 bridgehead atoms. The fraction of sp³-hybridized carbons (Fsp3) is 0.400. The lowest BCUT2D eigenvalue weighted by Crippen LogP contribution is -2.43. The van der Waals surface area contributed by atoms with Gasteiger partial charge in [0.2, 0.25) is 0 Å². The zero-order chi connectivity index (χ0) is 17.0. The topological polar surface area (TPSA) is 32.7 Å². The van der Waals surface area contributed by atoms with Crippen LogP contribution in [0.5, 0.6) is 0 Å². The molecule has 1 saturated heterocycles. The first-order chi connectivity index (χ1) is 11.6. The minimum atomic E-state index is -0.982. The highest BCUT2D eigenvalue weighted by Crippen LogP contribution is 2.38. The van der Waals surface area contributed by atoms with Gasteiger partial charge < -0.3 is 9.84 Å². The highest BCUT2D eigenvalue weighted by Gasteiger charge is 2.36. The van der Waals surface area contributed by atoms with Crippen LogP contribution in [0, 0.1) is 0 Å². The maximum Gasteiger partial charge on any atom is 0.0949 e. The molecule has 0 amide bonds. The Hall–Kier alpha value is -1.39. The van der Waals surface area contributed by atoms with Crippen molar-refractivity contribution < 1.29 is 9.84 Å². The number of ether oxygens (including phenoxy) is 1. The van der Waals surface area contributed by atoms with Gasteiger partial charge in [-0.25, -0.2) is 0 Å². The van der Waals surface area contributed by atoms with Gasteiger partial charge in [0.25, 0.3) is 0 Å². The molecule has 3 rings (SSSR count). The highest BCUT2D eigenvalue weighted by atomic mass is 35.5. The summed E-state index contributed by atoms with van der Waals surface area (Å²) in [4.78, 5) is 2.37. The van der Waals surface area contributed by atoms with E-state index in [9.17, 15) is 5.11 Å². The Bertz CT molecular complexity index is 636. The molecular formula is C20H24ClNO2. The van der Waals surface area contributed by atoms with E-state index in [0.29, 0.717) is 5.02 Å². The van der Waals surface area contributed by atoms with Crippen molar-refractivity contribution >= 4 is 11.6 Å². The largest absolute Gasteiger partial charge is 0.385 e. The van der Waals surface area contributed by atoms with Gasteiger partial charge in [-0.1, -0.05) is 54.1 Å². The van der Waals surface area contributed by atoms with Crippen LogP contribution in [0.3, 0.4) is 0 Å². The third-order valence-corrected chi connectivity index (χ3v) is 5.11. The third kappa shape index (κ3) is 3.98. The van der Waals surface area contributed by atoms with Crippen LogP contribution in [0.25, 0.3) is 0 Å². The molecule has 3 nitrogen and oxygen atoms in total. The van der Waals surface area contributed by atoms with Crippen LogP contribution in [0.2, 0.25) is 5.02 Å². The summed E-state index contributed by atoms with van der Waals surface area (Å²) in [6.07, 6.45) is 0. The van der Waals surface area contributed by atoms with E-state index in [1.165, 1.54) is 0 Å². The van der Waals surface area contributed by atoms with Gasteiger partial charge in [0.1, 0.15) is 0 Å². The fourth-order valence-electron chi connectivity index (χ4n) is 3.32. The lowest BCUT2D eigenvalue weighted by molar-refractivity contribution is -0.0107. The van der Waals surface area contributed by atoms with E-state index in [1.807, 2.05) is 49.4 Å². The fourth-order valence-corrected chi connectivity index (χ4v) is 3.45. The van der Waals surface area contributed by atoms with Crippen molar-refractivity contribution in [2.75, 3.05) is 32.8 Å². The number of hydrogen-bond acceptors (Lipinski definition) is 3. The number of benzene rings is 2. The van der Waals surface area contributed by atoms with Crippen molar-refractivity contribution in [1.29, 1.82) is 0 Å². The Morgan fingerprint density at radius 2 is 1.71 bits per heavy atom. The van der Waals surface area contributed by atoms with Crippen LogP contribution in [0.4, 0.5) is 0 Å². The number of halogens is 1. The lowest BCUT2D eigenvalue weighted by Gasteiger charge is -2.38. The number of aliphatic hydroxyl groups is 1. The second kappa shape index (κ2) is 7.66. The Morgan fingerprint density at radius 1 is 1.08 bits per heavy atom. The van der Waals surface area contributed by atoms with Gasteiger partial charge in [-0.15, -0.1) is 0 Å². The van der Waals surface area contributed by atoms with Crippen molar-refractivity contribution in [3.05, 3.63) is 70.7 Å². The third-order valence-electron chi connectivity index (χ3n) is 4.85. The number of nitrogens with zero attached hydrogens (tertiary/aromatic N) is 1. The van der Waals surface area contributed by atoms with Crippen LogP contribution < -0.4 is 0 Å². The predicted molar refractivity (Wildman–Crippen MR) is 97.5 cm³/mol. The summed E-state index contributed by atoms with van der Waals surface area (Å²) < 4.78 is 5.45. The molecule has 4 heteroatoms. The molecule has 1 N–H and O–H groups in total. The minimum absolute atomic E-state index is 0.0297. The van der Waals surface area contributed by atoms with E-state index in [4.69, 9.17) is 16.3 Å². The molecule has 1 fully saturated rings. The average molecular weight is 346 g/mol. The summed E-state index contributed by atoms with van der Waals surface area (Å²) in [6, 6.07) is 17.7. The SMILES string of the molecule is C[C@@](O)(c1ccc(Cl)cc1)[C@@H](CN1CCOCC1)c1ccccc1. The Kier molecular flexibility index (Phi) is 5.57. The summed E-state index contributed by atoms with van der Waals surface area (Å²) >= 11 is 6.01. The van der Waals surface area contributed by atoms with Crippen LogP contribution in [0.1, 0.15) is 24.0 Å². The standard InChI is InChI=1S/C20H24ClNO2/c1-20(23,17-7-9-18(21)10-8-17)19(16-5-3-2-4-6-16)15-22-11-13-24-14-12-22/h2-10,19,23H,11-15H2,1H3/t19-,20+/m0/s1. The van der Waals surface area contributed by atoms with Gasteiger partial charge in [-0.3, -0.25) is 4.90 Å². The second-order valence-electron chi connectivity index (χ2n) is 6.53. The molecule has 2 atom stereocenters. The highest BCUT2D eigenvalue weighted by molar-refractivity contribution is 6.30. The molecular weight excluding hydrogens is 322 g/mol. The second-order valence-corrected chi connectivity index (χ2v) is 6.97. The Balaban J connectivity index is 1.91. The van der Waals surface area contributed by atoms with Gasteiger partial charge in [0.15, 0.2) is 0 Å². The van der Waals surface area contributed by atoms with Gasteiger partial charge in [-0.2, -0.15) is 0 Å². The maximum absolute atomic E-state index is 11.4. The molecule has 1 aliphatic heterocycles. The molecule has 0 saturated carbocycles. The number of morpholine rings is 1. The minimum Gasteiger partial charge on any atom is -0.385 e. The molecule has 0 unspecified atom stereocenters. The van der Waals surface area contributed by atoms with E-state index >= 15 is 0 Å². The van der Waals surface area contributed by atoms with E-state index in [1.54, 1.807) is 0 Å². The molecule has 0 aliphatic carbocycles. The van der Waals surface area contributed by atoms with Crippen molar-refractivity contribution in [3.8, 4) is 0 Å². The molecule has 1 heterocycles. The number of rotatable bonds is 5. The first-order valence-corrected chi connectivity index (χ1v) is 8.78. The smallest absolute Gasteiger partial charge is 0.0949 e. The first-order valence-electron chi connectivity index (χ1n) is 8.41. The molecule has 2 aromatic carbocycles. The predicted octanol–water partition coefficient (Wildman–Crippen LogP) is 3.66. The van der Waals surface area contributed by atoms with Crippen LogP contribution in [-0.4, -0.2) is 42.9 Å². The van der Waals surface area contributed by atoms with Crippen molar-refractivity contribution in [1.82, 2.24) is 4.90 Å². The van der Waals surface area contributed by atoms with Gasteiger partial charge in [-0.05, 0) is 30.2 Å². The summed E-state index contributed by atoms with van der Waals surface area (Å²) in [5.74, 6) is -0.0297. The summed E-state index contributed by atoms with van der Waals surface area (Å²) in [5.41, 5.74) is 1.04. The monoisotopic (exact) mass is 345 g/mol. The van der Waals surface area contributed by atoms with E-state index in [0.717, 1.165) is 44.0 Å².